The summed E-state index contributed by atoms with van der Waals surface area (Å²) in [7, 11) is 1.05. The molecule has 3 rings (SSSR count). The van der Waals surface area contributed by atoms with Crippen LogP contribution in [0.3, 0.4) is 0 Å². The lowest BCUT2D eigenvalue weighted by molar-refractivity contribution is -0.207. The van der Waals surface area contributed by atoms with Crippen molar-refractivity contribution in [2.45, 2.75) is 31.5 Å². The van der Waals surface area contributed by atoms with Gasteiger partial charge in [0.25, 0.3) is 0 Å². The molecule has 0 saturated carbocycles. The number of anilines is 1. The highest BCUT2D eigenvalue weighted by Crippen LogP contribution is 2.30. The van der Waals surface area contributed by atoms with Crippen LogP contribution in [0.4, 0.5) is 19.0 Å². The molecule has 1 N–H and O–H groups in total. The number of hydrogen-bond donors (Lipinski definition) is 1. The Hall–Kier alpha value is -2.22. The molecular formula is C16H17F3N4O. The SMILES string of the molecule is COC(CNc1nc(-c2cccnc2)nc2c1CCC2)C(F)(F)F. The quantitative estimate of drug-likeness (QED) is 0.908. The Labute approximate surface area is 137 Å². The van der Waals surface area contributed by atoms with Crippen molar-refractivity contribution in [2.24, 2.45) is 0 Å². The number of aromatic nitrogens is 3. The molecule has 0 bridgehead atoms. The Bertz CT molecular complexity index is 706. The molecule has 2 aromatic rings. The molecule has 2 heterocycles. The molecule has 0 amide bonds. The third-order valence-corrected chi connectivity index (χ3v) is 3.96. The fourth-order valence-corrected chi connectivity index (χ4v) is 2.72. The predicted molar refractivity (Wildman–Crippen MR) is 82.6 cm³/mol. The minimum atomic E-state index is -4.43. The van der Waals surface area contributed by atoms with Crippen molar-refractivity contribution in [2.75, 3.05) is 19.0 Å². The van der Waals surface area contributed by atoms with Crippen LogP contribution >= 0.6 is 0 Å². The second kappa shape index (κ2) is 6.72. The van der Waals surface area contributed by atoms with Crippen molar-refractivity contribution in [3.05, 3.63) is 35.8 Å². The van der Waals surface area contributed by atoms with Gasteiger partial charge in [0.05, 0.1) is 6.54 Å². The minimum Gasteiger partial charge on any atom is -0.370 e. The third kappa shape index (κ3) is 3.48. The first-order valence-corrected chi connectivity index (χ1v) is 7.62. The predicted octanol–water partition coefficient (Wildman–Crippen LogP) is 3.02. The molecule has 8 heteroatoms. The Balaban J connectivity index is 1.89. The van der Waals surface area contributed by atoms with Crippen LogP contribution in [0.2, 0.25) is 0 Å². The summed E-state index contributed by atoms with van der Waals surface area (Å²) in [6.07, 6.45) is -0.559. The van der Waals surface area contributed by atoms with Gasteiger partial charge < -0.3 is 10.1 Å². The van der Waals surface area contributed by atoms with Gasteiger partial charge in [-0.1, -0.05) is 0 Å². The van der Waals surface area contributed by atoms with E-state index in [4.69, 9.17) is 0 Å². The zero-order valence-electron chi connectivity index (χ0n) is 13.1. The van der Waals surface area contributed by atoms with Gasteiger partial charge in [-0.25, -0.2) is 9.97 Å². The fraction of sp³-hybridized carbons (Fsp3) is 0.438. The van der Waals surface area contributed by atoms with Crippen LogP contribution in [0.15, 0.2) is 24.5 Å². The van der Waals surface area contributed by atoms with Gasteiger partial charge >= 0.3 is 6.18 Å². The summed E-state index contributed by atoms with van der Waals surface area (Å²) in [6.45, 7) is -0.393. The van der Waals surface area contributed by atoms with Crippen LogP contribution in [-0.2, 0) is 17.6 Å². The highest BCUT2D eigenvalue weighted by Gasteiger charge is 2.40. The van der Waals surface area contributed by atoms with E-state index < -0.39 is 18.8 Å². The van der Waals surface area contributed by atoms with E-state index in [-0.39, 0.29) is 0 Å². The average Bonchev–Trinajstić information content (AvgIpc) is 3.03. The summed E-state index contributed by atoms with van der Waals surface area (Å²) in [4.78, 5) is 13.0. The van der Waals surface area contributed by atoms with Crippen molar-refractivity contribution in [1.29, 1.82) is 0 Å². The van der Waals surface area contributed by atoms with E-state index in [2.05, 4.69) is 25.0 Å². The van der Waals surface area contributed by atoms with Gasteiger partial charge in [0.1, 0.15) is 5.82 Å². The number of pyridine rings is 1. The van der Waals surface area contributed by atoms with Crippen molar-refractivity contribution >= 4 is 5.82 Å². The maximum Gasteiger partial charge on any atom is 0.416 e. The molecule has 0 radical (unpaired) electrons. The van der Waals surface area contributed by atoms with Gasteiger partial charge in [-0.05, 0) is 31.4 Å². The Morgan fingerprint density at radius 3 is 2.79 bits per heavy atom. The van der Waals surface area contributed by atoms with E-state index in [1.54, 1.807) is 18.5 Å². The van der Waals surface area contributed by atoms with Crippen LogP contribution in [0.25, 0.3) is 11.4 Å². The van der Waals surface area contributed by atoms with Gasteiger partial charge in [0.2, 0.25) is 0 Å². The number of ether oxygens (including phenoxy) is 1. The van der Waals surface area contributed by atoms with Crippen LogP contribution < -0.4 is 5.32 Å². The first-order valence-electron chi connectivity index (χ1n) is 7.62. The summed E-state index contributed by atoms with van der Waals surface area (Å²) in [5.74, 6) is 0.912. The van der Waals surface area contributed by atoms with E-state index >= 15 is 0 Å². The number of nitrogens with zero attached hydrogens (tertiary/aromatic N) is 3. The number of aryl methyl sites for hydroxylation is 1. The number of fused-ring (bicyclic) bond motifs is 1. The van der Waals surface area contributed by atoms with Crippen LogP contribution in [-0.4, -0.2) is 40.9 Å². The van der Waals surface area contributed by atoms with Gasteiger partial charge in [-0.3, -0.25) is 4.98 Å². The summed E-state index contributed by atoms with van der Waals surface area (Å²) in [5, 5.41) is 2.80. The number of hydrogen-bond acceptors (Lipinski definition) is 5. The fourth-order valence-electron chi connectivity index (χ4n) is 2.72. The topological polar surface area (TPSA) is 59.9 Å². The molecule has 128 valence electrons. The summed E-state index contributed by atoms with van der Waals surface area (Å²) >= 11 is 0. The lowest BCUT2D eigenvalue weighted by atomic mass is 10.2. The number of rotatable bonds is 5. The summed E-state index contributed by atoms with van der Waals surface area (Å²) < 4.78 is 43.0. The standard InChI is InChI=1S/C16H17F3N4O/c1-24-13(16(17,18)19)9-21-15-11-5-2-6-12(11)22-14(23-15)10-4-3-7-20-8-10/h3-4,7-8,13H,2,5-6,9H2,1H3,(H,21,22,23). The highest BCUT2D eigenvalue weighted by atomic mass is 19.4. The molecule has 5 nitrogen and oxygen atoms in total. The molecule has 0 fully saturated rings. The molecule has 0 spiro atoms. The van der Waals surface area contributed by atoms with Crippen LogP contribution in [0.1, 0.15) is 17.7 Å². The molecule has 0 aliphatic heterocycles. The molecule has 1 aliphatic carbocycles. The Kier molecular flexibility index (Phi) is 4.66. The van der Waals surface area contributed by atoms with Crippen LogP contribution in [0, 0.1) is 0 Å². The maximum atomic E-state index is 12.8. The molecule has 1 atom stereocenters. The molecule has 0 saturated heterocycles. The molecule has 0 aromatic carbocycles. The second-order valence-corrected chi connectivity index (χ2v) is 5.56. The van der Waals surface area contributed by atoms with Gasteiger partial charge in [0, 0.05) is 36.3 Å². The average molecular weight is 338 g/mol. The third-order valence-electron chi connectivity index (χ3n) is 3.96. The van der Waals surface area contributed by atoms with E-state index in [0.29, 0.717) is 11.6 Å². The first kappa shape index (κ1) is 16.6. The zero-order chi connectivity index (χ0) is 17.2. The molecular weight excluding hydrogens is 321 g/mol. The highest BCUT2D eigenvalue weighted by molar-refractivity contribution is 5.59. The zero-order valence-corrected chi connectivity index (χ0v) is 13.1. The minimum absolute atomic E-state index is 0.393. The smallest absolute Gasteiger partial charge is 0.370 e. The van der Waals surface area contributed by atoms with Crippen molar-refractivity contribution in [1.82, 2.24) is 15.0 Å². The van der Waals surface area contributed by atoms with E-state index in [0.717, 1.165) is 43.2 Å². The Morgan fingerprint density at radius 1 is 1.29 bits per heavy atom. The maximum absolute atomic E-state index is 12.8. The lowest BCUT2D eigenvalue weighted by Crippen LogP contribution is -2.37. The summed E-state index contributed by atoms with van der Waals surface area (Å²) in [5.41, 5.74) is 2.50. The van der Waals surface area contributed by atoms with E-state index in [1.165, 1.54) is 0 Å². The van der Waals surface area contributed by atoms with E-state index in [9.17, 15) is 13.2 Å². The number of nitrogens with one attached hydrogen (secondary N) is 1. The second-order valence-electron chi connectivity index (χ2n) is 5.56. The summed E-state index contributed by atoms with van der Waals surface area (Å²) in [6, 6.07) is 3.59. The van der Waals surface area contributed by atoms with E-state index in [1.807, 2.05) is 6.07 Å². The largest absolute Gasteiger partial charge is 0.416 e. The van der Waals surface area contributed by atoms with Gasteiger partial charge in [-0.2, -0.15) is 13.2 Å². The molecule has 1 aliphatic rings. The first-order chi connectivity index (χ1) is 11.5. The number of alkyl halides is 3. The number of halogens is 3. The molecule has 2 aromatic heterocycles. The van der Waals surface area contributed by atoms with Gasteiger partial charge in [0.15, 0.2) is 11.9 Å². The van der Waals surface area contributed by atoms with Gasteiger partial charge in [-0.15, -0.1) is 0 Å². The monoisotopic (exact) mass is 338 g/mol. The van der Waals surface area contributed by atoms with Crippen molar-refractivity contribution in [3.63, 3.8) is 0 Å². The number of methoxy groups -OCH3 is 1. The van der Waals surface area contributed by atoms with Crippen LogP contribution in [0.5, 0.6) is 0 Å². The molecule has 1 unspecified atom stereocenters. The molecule has 24 heavy (non-hydrogen) atoms. The van der Waals surface area contributed by atoms with Crippen molar-refractivity contribution < 1.29 is 17.9 Å². The normalized spacial score (nSPS) is 15.2. The van der Waals surface area contributed by atoms with Crippen molar-refractivity contribution in [3.8, 4) is 11.4 Å². The lowest BCUT2D eigenvalue weighted by Gasteiger charge is -2.20. The Morgan fingerprint density at radius 2 is 2.12 bits per heavy atom.